The number of hydrogen-bond donors (Lipinski definition) is 2. The van der Waals surface area contributed by atoms with E-state index in [0.29, 0.717) is 10.2 Å². The molecule has 4 rings (SSSR count). The fraction of sp³-hybridized carbons (Fsp3) is 0.458. The standard InChI is InChI=1S/C24H30N4O2S/c1-15-6-8-16(9-7-15)18-13-31-21-20(18)22(30)28(14-25-21)12-19(29)26-17-10-23(2,3)27-24(4,5)11-17/h6-9,13-14,17,27H,10-12H2,1-5H3,(H,26,29). The molecule has 0 aliphatic carbocycles. The second kappa shape index (κ2) is 7.88. The molecular weight excluding hydrogens is 408 g/mol. The maximum Gasteiger partial charge on any atom is 0.263 e. The molecule has 0 unspecified atom stereocenters. The second-order valence-electron chi connectivity index (χ2n) is 9.94. The summed E-state index contributed by atoms with van der Waals surface area (Å²) >= 11 is 1.45. The van der Waals surface area contributed by atoms with Crippen LogP contribution < -0.4 is 16.2 Å². The lowest BCUT2D eigenvalue weighted by Gasteiger charge is -2.46. The van der Waals surface area contributed by atoms with Crippen molar-refractivity contribution in [3.8, 4) is 11.1 Å². The van der Waals surface area contributed by atoms with E-state index in [0.717, 1.165) is 24.0 Å². The van der Waals surface area contributed by atoms with E-state index in [-0.39, 0.29) is 35.1 Å². The van der Waals surface area contributed by atoms with E-state index in [2.05, 4.69) is 43.3 Å². The number of amides is 1. The molecule has 2 N–H and O–H groups in total. The highest BCUT2D eigenvalue weighted by atomic mass is 32.1. The van der Waals surface area contributed by atoms with Gasteiger partial charge in [-0.15, -0.1) is 11.3 Å². The average molecular weight is 439 g/mol. The van der Waals surface area contributed by atoms with E-state index in [1.165, 1.54) is 27.8 Å². The molecule has 31 heavy (non-hydrogen) atoms. The SMILES string of the molecule is Cc1ccc(-c2csc3ncn(CC(=O)NC4CC(C)(C)NC(C)(C)C4)c(=O)c23)cc1. The van der Waals surface area contributed by atoms with Crippen LogP contribution in [0, 0.1) is 6.92 Å². The molecule has 1 amide bonds. The normalized spacial score (nSPS) is 18.2. The van der Waals surface area contributed by atoms with Gasteiger partial charge in [0.2, 0.25) is 5.91 Å². The van der Waals surface area contributed by atoms with Crippen molar-refractivity contribution in [3.05, 3.63) is 51.9 Å². The van der Waals surface area contributed by atoms with Gasteiger partial charge in [-0.05, 0) is 53.0 Å². The van der Waals surface area contributed by atoms with Crippen molar-refractivity contribution >= 4 is 27.5 Å². The lowest BCUT2D eigenvalue weighted by Crippen LogP contribution is -2.62. The number of piperidine rings is 1. The summed E-state index contributed by atoms with van der Waals surface area (Å²) in [5.41, 5.74) is 2.72. The number of aryl methyl sites for hydroxylation is 1. The number of carbonyl (C=O) groups is 1. The molecule has 2 aromatic heterocycles. The molecule has 3 aromatic rings. The Morgan fingerprint density at radius 1 is 1.19 bits per heavy atom. The minimum Gasteiger partial charge on any atom is -0.352 e. The number of nitrogens with one attached hydrogen (secondary N) is 2. The van der Waals surface area contributed by atoms with Crippen LogP contribution in [0.2, 0.25) is 0 Å². The Hall–Kier alpha value is -2.51. The summed E-state index contributed by atoms with van der Waals surface area (Å²) in [5, 5.41) is 9.30. The lowest BCUT2D eigenvalue weighted by atomic mass is 9.79. The van der Waals surface area contributed by atoms with Crippen LogP contribution in [0.1, 0.15) is 46.1 Å². The number of hydrogen-bond acceptors (Lipinski definition) is 5. The summed E-state index contributed by atoms with van der Waals surface area (Å²) in [6.45, 7) is 10.6. The Kier molecular flexibility index (Phi) is 5.52. The van der Waals surface area contributed by atoms with Gasteiger partial charge in [0, 0.05) is 28.1 Å². The molecule has 0 radical (unpaired) electrons. The third-order valence-electron chi connectivity index (χ3n) is 5.79. The Bertz CT molecular complexity index is 1160. The summed E-state index contributed by atoms with van der Waals surface area (Å²) in [6.07, 6.45) is 3.17. The topological polar surface area (TPSA) is 76.0 Å². The number of benzene rings is 1. The zero-order valence-electron chi connectivity index (χ0n) is 18.8. The number of rotatable bonds is 4. The smallest absolute Gasteiger partial charge is 0.263 e. The third-order valence-corrected chi connectivity index (χ3v) is 6.68. The van der Waals surface area contributed by atoms with Gasteiger partial charge < -0.3 is 10.6 Å². The Balaban J connectivity index is 1.57. The van der Waals surface area contributed by atoms with Crippen molar-refractivity contribution < 1.29 is 4.79 Å². The molecule has 1 saturated heterocycles. The zero-order valence-corrected chi connectivity index (χ0v) is 19.6. The Labute approximate surface area is 186 Å². The van der Waals surface area contributed by atoms with Crippen LogP contribution in [-0.2, 0) is 11.3 Å². The van der Waals surface area contributed by atoms with Gasteiger partial charge in [-0.2, -0.15) is 0 Å². The minimum absolute atomic E-state index is 0.0320. The molecule has 3 heterocycles. The highest BCUT2D eigenvalue weighted by molar-refractivity contribution is 7.17. The summed E-state index contributed by atoms with van der Waals surface area (Å²) in [4.78, 5) is 31.2. The summed E-state index contributed by atoms with van der Waals surface area (Å²) in [7, 11) is 0. The number of fused-ring (bicyclic) bond motifs is 1. The van der Waals surface area contributed by atoms with Crippen molar-refractivity contribution in [2.24, 2.45) is 0 Å². The zero-order chi connectivity index (χ0) is 22.4. The van der Waals surface area contributed by atoms with Crippen LogP contribution in [0.15, 0.2) is 40.8 Å². The van der Waals surface area contributed by atoms with E-state index in [1.54, 1.807) is 0 Å². The fourth-order valence-electron chi connectivity index (χ4n) is 4.88. The Morgan fingerprint density at radius 2 is 1.84 bits per heavy atom. The van der Waals surface area contributed by atoms with E-state index in [1.807, 2.05) is 36.6 Å². The van der Waals surface area contributed by atoms with Crippen molar-refractivity contribution in [1.82, 2.24) is 20.2 Å². The molecule has 1 aliphatic heterocycles. The molecule has 0 saturated carbocycles. The van der Waals surface area contributed by atoms with Crippen LogP contribution in [0.25, 0.3) is 21.3 Å². The quantitative estimate of drug-likeness (QED) is 0.649. The van der Waals surface area contributed by atoms with E-state index < -0.39 is 0 Å². The van der Waals surface area contributed by atoms with E-state index >= 15 is 0 Å². The number of carbonyl (C=O) groups excluding carboxylic acids is 1. The van der Waals surface area contributed by atoms with Gasteiger partial charge in [-0.3, -0.25) is 14.2 Å². The summed E-state index contributed by atoms with van der Waals surface area (Å²) < 4.78 is 1.42. The summed E-state index contributed by atoms with van der Waals surface area (Å²) in [5.74, 6) is -0.158. The largest absolute Gasteiger partial charge is 0.352 e. The van der Waals surface area contributed by atoms with Gasteiger partial charge in [-0.1, -0.05) is 29.8 Å². The molecule has 6 nitrogen and oxygen atoms in total. The van der Waals surface area contributed by atoms with Crippen LogP contribution >= 0.6 is 11.3 Å². The lowest BCUT2D eigenvalue weighted by molar-refractivity contribution is -0.123. The highest BCUT2D eigenvalue weighted by Crippen LogP contribution is 2.31. The van der Waals surface area contributed by atoms with Crippen LogP contribution in [0.5, 0.6) is 0 Å². The maximum absolute atomic E-state index is 13.2. The number of aromatic nitrogens is 2. The maximum atomic E-state index is 13.2. The molecule has 0 bridgehead atoms. The van der Waals surface area contributed by atoms with Crippen molar-refractivity contribution in [2.45, 2.75) is 71.1 Å². The van der Waals surface area contributed by atoms with Gasteiger partial charge in [0.1, 0.15) is 11.4 Å². The predicted molar refractivity (Wildman–Crippen MR) is 127 cm³/mol. The minimum atomic E-state index is -0.178. The predicted octanol–water partition coefficient (Wildman–Crippen LogP) is 3.86. The number of nitrogens with zero attached hydrogens (tertiary/aromatic N) is 2. The number of thiophene rings is 1. The average Bonchev–Trinajstić information content (AvgIpc) is 3.07. The molecule has 1 aromatic carbocycles. The van der Waals surface area contributed by atoms with E-state index in [9.17, 15) is 9.59 Å². The molecular formula is C24H30N4O2S. The van der Waals surface area contributed by atoms with Crippen molar-refractivity contribution in [2.75, 3.05) is 0 Å². The van der Waals surface area contributed by atoms with Crippen molar-refractivity contribution in [3.63, 3.8) is 0 Å². The van der Waals surface area contributed by atoms with Crippen LogP contribution in [0.3, 0.4) is 0 Å². The van der Waals surface area contributed by atoms with Gasteiger partial charge in [0.15, 0.2) is 0 Å². The van der Waals surface area contributed by atoms with E-state index in [4.69, 9.17) is 0 Å². The summed E-state index contributed by atoms with van der Waals surface area (Å²) in [6, 6.07) is 8.16. The Morgan fingerprint density at radius 3 is 2.48 bits per heavy atom. The van der Waals surface area contributed by atoms with Crippen LogP contribution in [0.4, 0.5) is 0 Å². The molecule has 0 atom stereocenters. The first-order chi connectivity index (χ1) is 14.5. The molecule has 1 aliphatic rings. The third kappa shape index (κ3) is 4.72. The first kappa shape index (κ1) is 21.7. The molecule has 164 valence electrons. The van der Waals surface area contributed by atoms with Gasteiger partial charge >= 0.3 is 0 Å². The molecule has 7 heteroatoms. The monoisotopic (exact) mass is 438 g/mol. The van der Waals surface area contributed by atoms with Crippen LogP contribution in [-0.4, -0.2) is 32.6 Å². The molecule has 0 spiro atoms. The van der Waals surface area contributed by atoms with Crippen molar-refractivity contribution in [1.29, 1.82) is 0 Å². The fourth-order valence-corrected chi connectivity index (χ4v) is 5.78. The van der Waals surface area contributed by atoms with Gasteiger partial charge in [0.05, 0.1) is 11.7 Å². The first-order valence-corrected chi connectivity index (χ1v) is 11.5. The van der Waals surface area contributed by atoms with Gasteiger partial charge in [0.25, 0.3) is 5.56 Å². The second-order valence-corrected chi connectivity index (χ2v) is 10.8. The first-order valence-electron chi connectivity index (χ1n) is 10.7. The van der Waals surface area contributed by atoms with Gasteiger partial charge in [-0.25, -0.2) is 4.98 Å². The highest BCUT2D eigenvalue weighted by Gasteiger charge is 2.38. The molecule has 1 fully saturated rings.